The van der Waals surface area contributed by atoms with Gasteiger partial charge in [-0.1, -0.05) is 6.07 Å². The second kappa shape index (κ2) is 6.64. The zero-order valence-corrected chi connectivity index (χ0v) is 12.2. The van der Waals surface area contributed by atoms with Crippen molar-refractivity contribution in [3.63, 3.8) is 0 Å². The van der Waals surface area contributed by atoms with Crippen molar-refractivity contribution in [3.05, 3.63) is 22.8 Å². The molecule has 0 spiro atoms. The number of aliphatic hydroxyl groups is 1. The van der Waals surface area contributed by atoms with Crippen molar-refractivity contribution in [2.24, 2.45) is 0 Å². The lowest BCUT2D eigenvalue weighted by Gasteiger charge is -2.25. The molecule has 1 rings (SSSR count). The van der Waals surface area contributed by atoms with Crippen LogP contribution in [-0.2, 0) is 0 Å². The van der Waals surface area contributed by atoms with E-state index in [4.69, 9.17) is 9.84 Å². The Balaban J connectivity index is 3.03. The Kier molecular flexibility index (Phi) is 5.48. The summed E-state index contributed by atoms with van der Waals surface area (Å²) in [5.41, 5.74) is 4.86. The minimum Gasteiger partial charge on any atom is -0.494 e. The molecule has 0 radical (unpaired) electrons. The molecule has 0 aliphatic heterocycles. The fourth-order valence-electron chi connectivity index (χ4n) is 2.33. The second-order valence-corrected chi connectivity index (χ2v) is 4.87. The number of unbranched alkanes of at least 4 members (excludes halogenated alkanes) is 1. The molecular formula is C15H25NO2. The predicted molar refractivity (Wildman–Crippen MR) is 76.8 cm³/mol. The summed E-state index contributed by atoms with van der Waals surface area (Å²) >= 11 is 0. The molecule has 0 fully saturated rings. The van der Waals surface area contributed by atoms with Crippen molar-refractivity contribution in [2.75, 3.05) is 32.2 Å². The van der Waals surface area contributed by atoms with E-state index >= 15 is 0 Å². The van der Waals surface area contributed by atoms with E-state index in [-0.39, 0.29) is 6.61 Å². The summed E-state index contributed by atoms with van der Waals surface area (Å²) in [5, 5.41) is 8.84. The maximum Gasteiger partial charge on any atom is 0.145 e. The highest BCUT2D eigenvalue weighted by atomic mass is 16.5. The average Bonchev–Trinajstić information content (AvgIpc) is 2.33. The Morgan fingerprint density at radius 3 is 2.39 bits per heavy atom. The summed E-state index contributed by atoms with van der Waals surface area (Å²) in [5.74, 6) is 0.971. The van der Waals surface area contributed by atoms with Gasteiger partial charge in [0.25, 0.3) is 0 Å². The minimum atomic E-state index is 0.261. The van der Waals surface area contributed by atoms with Gasteiger partial charge in [0.15, 0.2) is 0 Å². The number of aliphatic hydroxyl groups excluding tert-OH is 1. The molecule has 0 aliphatic carbocycles. The predicted octanol–water partition coefficient (Wildman–Crippen LogP) is 2.83. The molecule has 0 heterocycles. The maximum atomic E-state index is 8.84. The first-order chi connectivity index (χ1) is 8.52. The van der Waals surface area contributed by atoms with E-state index in [2.05, 4.69) is 38.8 Å². The van der Waals surface area contributed by atoms with Gasteiger partial charge in [0.2, 0.25) is 0 Å². The van der Waals surface area contributed by atoms with Crippen molar-refractivity contribution in [3.8, 4) is 5.75 Å². The molecule has 0 amide bonds. The van der Waals surface area contributed by atoms with Crippen LogP contribution in [0.4, 0.5) is 5.69 Å². The zero-order chi connectivity index (χ0) is 13.7. The van der Waals surface area contributed by atoms with Gasteiger partial charge in [0.05, 0.1) is 12.8 Å². The fraction of sp³-hybridized carbons (Fsp3) is 0.600. The molecule has 0 saturated heterocycles. The number of methoxy groups -OCH3 is 1. The molecule has 3 heteroatoms. The summed E-state index contributed by atoms with van der Waals surface area (Å²) in [6.45, 7) is 7.52. The Bertz CT molecular complexity index is 402. The standard InChI is InChI=1S/C15H25NO2/c1-11-10-12(2)14(15(18-5)13(11)3)16(4)8-6-7-9-17/h10,17H,6-9H2,1-5H3. The van der Waals surface area contributed by atoms with E-state index in [9.17, 15) is 0 Å². The van der Waals surface area contributed by atoms with E-state index in [0.29, 0.717) is 0 Å². The number of anilines is 1. The van der Waals surface area contributed by atoms with Crippen LogP contribution in [0.3, 0.4) is 0 Å². The summed E-state index contributed by atoms with van der Waals surface area (Å²) in [7, 11) is 3.81. The van der Waals surface area contributed by atoms with E-state index < -0.39 is 0 Å². The van der Waals surface area contributed by atoms with Crippen LogP contribution in [0.15, 0.2) is 6.07 Å². The molecule has 0 atom stereocenters. The molecule has 0 bridgehead atoms. The first-order valence-electron chi connectivity index (χ1n) is 6.49. The molecule has 1 N–H and O–H groups in total. The fourth-order valence-corrected chi connectivity index (χ4v) is 2.33. The van der Waals surface area contributed by atoms with Gasteiger partial charge in [0.1, 0.15) is 5.75 Å². The normalized spacial score (nSPS) is 10.6. The topological polar surface area (TPSA) is 32.7 Å². The second-order valence-electron chi connectivity index (χ2n) is 4.87. The number of hydrogen-bond acceptors (Lipinski definition) is 3. The van der Waals surface area contributed by atoms with Gasteiger partial charge in [-0.05, 0) is 50.3 Å². The lowest BCUT2D eigenvalue weighted by Crippen LogP contribution is -2.21. The number of aryl methyl sites for hydroxylation is 2. The van der Waals surface area contributed by atoms with E-state index in [0.717, 1.165) is 25.1 Å². The smallest absolute Gasteiger partial charge is 0.145 e. The Morgan fingerprint density at radius 2 is 1.83 bits per heavy atom. The minimum absolute atomic E-state index is 0.261. The van der Waals surface area contributed by atoms with E-state index in [1.165, 1.54) is 22.4 Å². The maximum absolute atomic E-state index is 8.84. The Morgan fingerprint density at radius 1 is 1.17 bits per heavy atom. The number of benzene rings is 1. The summed E-state index contributed by atoms with van der Waals surface area (Å²) in [6, 6.07) is 2.20. The molecule has 18 heavy (non-hydrogen) atoms. The van der Waals surface area contributed by atoms with Gasteiger partial charge in [-0.15, -0.1) is 0 Å². The number of ether oxygens (including phenoxy) is 1. The highest BCUT2D eigenvalue weighted by Gasteiger charge is 2.15. The lowest BCUT2D eigenvalue weighted by atomic mass is 10.0. The van der Waals surface area contributed by atoms with E-state index in [1.807, 2.05) is 0 Å². The van der Waals surface area contributed by atoms with Gasteiger partial charge >= 0.3 is 0 Å². The Labute approximate surface area is 110 Å². The Hall–Kier alpha value is -1.22. The molecule has 1 aromatic carbocycles. The molecule has 0 saturated carbocycles. The molecule has 102 valence electrons. The van der Waals surface area contributed by atoms with Crippen molar-refractivity contribution in [1.82, 2.24) is 0 Å². The quantitative estimate of drug-likeness (QED) is 0.789. The third kappa shape index (κ3) is 3.16. The van der Waals surface area contributed by atoms with Crippen molar-refractivity contribution in [2.45, 2.75) is 33.6 Å². The van der Waals surface area contributed by atoms with Crippen molar-refractivity contribution < 1.29 is 9.84 Å². The van der Waals surface area contributed by atoms with E-state index in [1.54, 1.807) is 7.11 Å². The summed E-state index contributed by atoms with van der Waals surface area (Å²) < 4.78 is 5.57. The van der Waals surface area contributed by atoms with Crippen LogP contribution in [0.2, 0.25) is 0 Å². The van der Waals surface area contributed by atoms with Crippen LogP contribution in [0.5, 0.6) is 5.75 Å². The molecule has 3 nitrogen and oxygen atoms in total. The van der Waals surface area contributed by atoms with Crippen LogP contribution in [-0.4, -0.2) is 32.4 Å². The van der Waals surface area contributed by atoms with Gasteiger partial charge < -0.3 is 14.7 Å². The molecule has 0 aliphatic rings. The monoisotopic (exact) mass is 251 g/mol. The molecule has 1 aromatic rings. The van der Waals surface area contributed by atoms with Crippen molar-refractivity contribution in [1.29, 1.82) is 0 Å². The molecular weight excluding hydrogens is 226 g/mol. The zero-order valence-electron chi connectivity index (χ0n) is 12.2. The van der Waals surface area contributed by atoms with Crippen LogP contribution in [0.25, 0.3) is 0 Å². The van der Waals surface area contributed by atoms with Crippen molar-refractivity contribution >= 4 is 5.69 Å². The third-order valence-corrected chi connectivity index (χ3v) is 3.44. The van der Waals surface area contributed by atoms with Gasteiger partial charge in [-0.25, -0.2) is 0 Å². The third-order valence-electron chi connectivity index (χ3n) is 3.44. The largest absolute Gasteiger partial charge is 0.494 e. The van der Waals surface area contributed by atoms with Crippen LogP contribution in [0, 0.1) is 20.8 Å². The number of nitrogens with zero attached hydrogens (tertiary/aromatic N) is 1. The van der Waals surface area contributed by atoms with Crippen LogP contribution >= 0.6 is 0 Å². The van der Waals surface area contributed by atoms with Crippen LogP contribution in [0.1, 0.15) is 29.5 Å². The van der Waals surface area contributed by atoms with Crippen LogP contribution < -0.4 is 9.64 Å². The summed E-state index contributed by atoms with van der Waals surface area (Å²) in [6.07, 6.45) is 1.83. The average molecular weight is 251 g/mol. The number of rotatable bonds is 6. The summed E-state index contributed by atoms with van der Waals surface area (Å²) in [4.78, 5) is 2.22. The molecule has 0 aromatic heterocycles. The first kappa shape index (κ1) is 14.8. The van der Waals surface area contributed by atoms with Gasteiger partial charge in [-0.2, -0.15) is 0 Å². The highest BCUT2D eigenvalue weighted by molar-refractivity contribution is 5.67. The van der Waals surface area contributed by atoms with Gasteiger partial charge in [-0.3, -0.25) is 0 Å². The highest BCUT2D eigenvalue weighted by Crippen LogP contribution is 2.36. The SMILES string of the molecule is COc1c(C)c(C)cc(C)c1N(C)CCCCO. The molecule has 0 unspecified atom stereocenters. The first-order valence-corrected chi connectivity index (χ1v) is 6.49. The van der Waals surface area contributed by atoms with Gasteiger partial charge in [0, 0.05) is 20.2 Å². The lowest BCUT2D eigenvalue weighted by molar-refractivity contribution is 0.285. The number of hydrogen-bond donors (Lipinski definition) is 1.